The zero-order valence-electron chi connectivity index (χ0n) is 19.8. The van der Waals surface area contributed by atoms with Crippen molar-refractivity contribution < 1.29 is 28.9 Å². The molecule has 0 aromatic heterocycles. The van der Waals surface area contributed by atoms with Gasteiger partial charge in [0.1, 0.15) is 24.3 Å². The maximum Gasteiger partial charge on any atom is 0.303 e. The minimum Gasteiger partial charge on any atom is -0.491 e. The molecule has 0 unspecified atom stereocenters. The van der Waals surface area contributed by atoms with Gasteiger partial charge in [-0.3, -0.25) is 4.79 Å². The number of allylic oxidation sites excluding steroid dienone is 2. The predicted molar refractivity (Wildman–Crippen MR) is 132 cm³/mol. The van der Waals surface area contributed by atoms with Crippen molar-refractivity contribution >= 4 is 5.97 Å². The summed E-state index contributed by atoms with van der Waals surface area (Å²) < 4.78 is 25.5. The van der Waals surface area contributed by atoms with Crippen molar-refractivity contribution in [2.45, 2.75) is 49.7 Å². The minimum absolute atomic E-state index is 0.0314. The van der Waals surface area contributed by atoms with Gasteiger partial charge >= 0.3 is 5.97 Å². The third-order valence-electron chi connectivity index (χ3n) is 7.18. The highest BCUT2D eigenvalue weighted by atomic mass is 19.1. The van der Waals surface area contributed by atoms with Crippen LogP contribution in [0.4, 0.5) is 4.39 Å². The van der Waals surface area contributed by atoms with Gasteiger partial charge < -0.3 is 19.7 Å². The van der Waals surface area contributed by atoms with Crippen LogP contribution in [0.2, 0.25) is 0 Å². The van der Waals surface area contributed by atoms with Crippen molar-refractivity contribution in [1.82, 2.24) is 0 Å². The maximum absolute atomic E-state index is 13.6. The molecule has 186 valence electrons. The van der Waals surface area contributed by atoms with Gasteiger partial charge in [-0.25, -0.2) is 4.39 Å². The van der Waals surface area contributed by atoms with Crippen LogP contribution in [-0.4, -0.2) is 41.6 Å². The largest absolute Gasteiger partial charge is 0.491 e. The summed E-state index contributed by atoms with van der Waals surface area (Å²) in [6.45, 7) is 0.751. The molecule has 2 bridgehead atoms. The van der Waals surface area contributed by atoms with Crippen LogP contribution < -0.4 is 4.74 Å². The topological polar surface area (TPSA) is 76.0 Å². The Kier molecular flexibility index (Phi) is 8.37. The first-order valence-corrected chi connectivity index (χ1v) is 12.3. The van der Waals surface area contributed by atoms with E-state index in [1.54, 1.807) is 6.08 Å². The number of aliphatic hydroxyl groups excluding tert-OH is 1. The quantitative estimate of drug-likeness (QED) is 0.319. The van der Waals surface area contributed by atoms with E-state index in [1.165, 1.54) is 12.1 Å². The number of para-hydroxylation sites is 1. The number of benzene rings is 2. The van der Waals surface area contributed by atoms with Gasteiger partial charge in [-0.2, -0.15) is 0 Å². The summed E-state index contributed by atoms with van der Waals surface area (Å²) in [5.74, 6) is -0.000421. The second-order valence-corrected chi connectivity index (χ2v) is 9.47. The summed E-state index contributed by atoms with van der Waals surface area (Å²) in [6, 6.07) is 16.1. The standard InChI is InChI=1S/C29H33FO5/c30-22-14-12-21(13-15-22)29-18-27(35-20-29)25(26(29)10-6-1-2-7-11-28(32)33)17-16-23(31)19-34-24-8-4-3-5-9-24/h1,3-6,8-9,12-17,23,25-27,31H,2,7,10-11,18-20H2,(H,32,33)/t23-,25+,26+,27+,29+/m0/s1. The van der Waals surface area contributed by atoms with Crippen LogP contribution >= 0.6 is 0 Å². The molecule has 2 aromatic rings. The predicted octanol–water partition coefficient (Wildman–Crippen LogP) is 5.30. The van der Waals surface area contributed by atoms with Crippen LogP contribution in [0.3, 0.4) is 0 Å². The smallest absolute Gasteiger partial charge is 0.303 e. The SMILES string of the molecule is O=C(O)CCCC=CC[C@@H]1[C@@H](C=C[C@H](O)COc2ccccc2)[C@H]2C[C@]1(c1ccc(F)cc1)CO2. The van der Waals surface area contributed by atoms with E-state index >= 15 is 0 Å². The molecular formula is C29H33FO5. The third kappa shape index (κ3) is 6.19. The van der Waals surface area contributed by atoms with Crippen LogP contribution in [0, 0.1) is 17.7 Å². The van der Waals surface area contributed by atoms with Gasteiger partial charge in [0, 0.05) is 17.8 Å². The van der Waals surface area contributed by atoms with Crippen molar-refractivity contribution in [2.24, 2.45) is 11.8 Å². The minimum atomic E-state index is -0.779. The Morgan fingerprint density at radius 3 is 2.69 bits per heavy atom. The highest BCUT2D eigenvalue weighted by Crippen LogP contribution is 2.57. The normalized spacial score (nSPS) is 26.5. The summed E-state index contributed by atoms with van der Waals surface area (Å²) in [6.07, 6.45) is 10.5. The number of aliphatic hydroxyl groups is 1. The lowest BCUT2D eigenvalue weighted by atomic mass is 9.69. The first kappa shape index (κ1) is 25.1. The molecule has 0 spiro atoms. The van der Waals surface area contributed by atoms with Gasteiger partial charge in [0.25, 0.3) is 0 Å². The number of aliphatic carboxylic acids is 1. The lowest BCUT2D eigenvalue weighted by Crippen LogP contribution is -2.39. The summed E-state index contributed by atoms with van der Waals surface area (Å²) in [5.41, 5.74) is 0.860. The van der Waals surface area contributed by atoms with Gasteiger partial charge in [-0.1, -0.05) is 54.6 Å². The summed E-state index contributed by atoms with van der Waals surface area (Å²) in [4.78, 5) is 10.7. The van der Waals surface area contributed by atoms with E-state index < -0.39 is 12.1 Å². The average molecular weight is 481 g/mol. The summed E-state index contributed by atoms with van der Waals surface area (Å²) >= 11 is 0. The molecule has 35 heavy (non-hydrogen) atoms. The fourth-order valence-electron chi connectivity index (χ4n) is 5.45. The van der Waals surface area contributed by atoms with Crippen molar-refractivity contribution in [3.63, 3.8) is 0 Å². The molecule has 1 aliphatic carbocycles. The van der Waals surface area contributed by atoms with E-state index in [9.17, 15) is 14.3 Å². The third-order valence-corrected chi connectivity index (χ3v) is 7.18. The van der Waals surface area contributed by atoms with Crippen LogP contribution in [0.5, 0.6) is 5.75 Å². The van der Waals surface area contributed by atoms with Gasteiger partial charge in [0.2, 0.25) is 0 Å². The Morgan fingerprint density at radius 1 is 1.17 bits per heavy atom. The Balaban J connectivity index is 1.46. The number of carboxylic acid groups (broad SMARTS) is 1. The monoisotopic (exact) mass is 480 g/mol. The molecule has 5 nitrogen and oxygen atoms in total. The van der Waals surface area contributed by atoms with Gasteiger partial charge in [-0.05, 0) is 61.4 Å². The second kappa shape index (κ2) is 11.6. The first-order valence-electron chi connectivity index (χ1n) is 12.3. The molecule has 1 aliphatic heterocycles. The molecule has 2 aliphatic rings. The summed E-state index contributed by atoms with van der Waals surface area (Å²) in [7, 11) is 0. The fourth-order valence-corrected chi connectivity index (χ4v) is 5.45. The van der Waals surface area contributed by atoms with Crippen molar-refractivity contribution in [2.75, 3.05) is 13.2 Å². The number of ether oxygens (including phenoxy) is 2. The Bertz CT molecular complexity index is 1020. The molecule has 1 saturated heterocycles. The van der Waals surface area contributed by atoms with Crippen molar-refractivity contribution in [1.29, 1.82) is 0 Å². The molecule has 2 fully saturated rings. The van der Waals surface area contributed by atoms with Crippen molar-refractivity contribution in [3.05, 3.63) is 90.3 Å². The molecular weight excluding hydrogens is 447 g/mol. The highest BCUT2D eigenvalue weighted by molar-refractivity contribution is 5.66. The number of hydrogen-bond donors (Lipinski definition) is 2. The number of halogens is 1. The molecule has 0 radical (unpaired) electrons. The lowest BCUT2D eigenvalue weighted by Gasteiger charge is -2.38. The van der Waals surface area contributed by atoms with Crippen LogP contribution in [0.25, 0.3) is 0 Å². The zero-order valence-corrected chi connectivity index (χ0v) is 19.8. The van der Waals surface area contributed by atoms with E-state index in [-0.39, 0.29) is 42.2 Å². The number of hydrogen-bond acceptors (Lipinski definition) is 4. The molecule has 0 amide bonds. The van der Waals surface area contributed by atoms with E-state index in [4.69, 9.17) is 14.6 Å². The Labute approximate surface area is 205 Å². The molecule has 4 rings (SSSR count). The Morgan fingerprint density at radius 2 is 1.94 bits per heavy atom. The van der Waals surface area contributed by atoms with Gasteiger partial charge in [-0.15, -0.1) is 0 Å². The first-order chi connectivity index (χ1) is 17.0. The Hall–Kier alpha value is -2.96. The zero-order chi connectivity index (χ0) is 24.7. The van der Waals surface area contributed by atoms with E-state index in [0.717, 1.165) is 24.8 Å². The second-order valence-electron chi connectivity index (χ2n) is 9.47. The van der Waals surface area contributed by atoms with E-state index in [0.29, 0.717) is 18.8 Å². The van der Waals surface area contributed by atoms with Gasteiger partial charge in [0.05, 0.1) is 12.7 Å². The molecule has 5 atom stereocenters. The fraction of sp³-hybridized carbons (Fsp3) is 0.414. The number of carbonyl (C=O) groups is 1. The number of carboxylic acids is 1. The number of unbranched alkanes of at least 4 members (excludes halogenated alkanes) is 1. The summed E-state index contributed by atoms with van der Waals surface area (Å²) in [5, 5.41) is 19.3. The molecule has 1 saturated carbocycles. The van der Waals surface area contributed by atoms with E-state index in [1.807, 2.05) is 42.5 Å². The molecule has 6 heteroatoms. The lowest BCUT2D eigenvalue weighted by molar-refractivity contribution is -0.137. The van der Waals surface area contributed by atoms with Gasteiger partial charge in [0.15, 0.2) is 0 Å². The van der Waals surface area contributed by atoms with Crippen LogP contribution in [-0.2, 0) is 14.9 Å². The average Bonchev–Trinajstić information content (AvgIpc) is 3.42. The molecule has 2 aromatic carbocycles. The van der Waals surface area contributed by atoms with Crippen molar-refractivity contribution in [3.8, 4) is 5.75 Å². The molecule has 2 N–H and O–H groups in total. The van der Waals surface area contributed by atoms with Crippen LogP contribution in [0.15, 0.2) is 78.9 Å². The number of fused-ring (bicyclic) bond motifs is 2. The van der Waals surface area contributed by atoms with E-state index in [2.05, 4.69) is 18.2 Å². The molecule has 1 heterocycles. The number of rotatable bonds is 12. The van der Waals surface area contributed by atoms with Crippen LogP contribution in [0.1, 0.15) is 37.7 Å². The highest BCUT2D eigenvalue weighted by Gasteiger charge is 2.58. The maximum atomic E-state index is 13.6.